The van der Waals surface area contributed by atoms with Crippen LogP contribution in [0.4, 0.5) is 4.39 Å². The first-order valence-electron chi connectivity index (χ1n) is 10.4. The van der Waals surface area contributed by atoms with Crippen LogP contribution in [0.25, 0.3) is 11.1 Å². The maximum absolute atomic E-state index is 14.6. The predicted octanol–water partition coefficient (Wildman–Crippen LogP) is 5.99. The number of halogens is 1. The Bertz CT molecular complexity index is 1280. The summed E-state index contributed by atoms with van der Waals surface area (Å²) in [4.78, 5) is 12.3. The molecule has 1 aliphatic heterocycles. The van der Waals surface area contributed by atoms with Crippen molar-refractivity contribution in [2.24, 2.45) is 5.16 Å². The van der Waals surface area contributed by atoms with Crippen molar-refractivity contribution >= 4 is 5.84 Å². The molecule has 32 heavy (non-hydrogen) atoms. The van der Waals surface area contributed by atoms with E-state index in [0.717, 1.165) is 27.8 Å². The van der Waals surface area contributed by atoms with Crippen LogP contribution in [0.3, 0.4) is 0 Å². The van der Waals surface area contributed by atoms with Gasteiger partial charge in [0.1, 0.15) is 5.82 Å². The number of benzene rings is 2. The van der Waals surface area contributed by atoms with E-state index in [9.17, 15) is 4.39 Å². The molecule has 5 nitrogen and oxygen atoms in total. The van der Waals surface area contributed by atoms with Crippen LogP contribution in [0.2, 0.25) is 0 Å². The molecule has 1 atom stereocenters. The molecule has 0 radical (unpaired) electrons. The molecular formula is C26H22FN3O2. The number of nitrogens with zero attached hydrogens (tertiary/aromatic N) is 3. The molecule has 6 heteroatoms. The minimum Gasteiger partial charge on any atom is -0.461 e. The average molecular weight is 427 g/mol. The lowest BCUT2D eigenvalue weighted by Gasteiger charge is -2.27. The first-order valence-corrected chi connectivity index (χ1v) is 10.4. The minimum atomic E-state index is -0.441. The third kappa shape index (κ3) is 3.64. The van der Waals surface area contributed by atoms with E-state index in [1.165, 1.54) is 6.07 Å². The van der Waals surface area contributed by atoms with E-state index >= 15 is 0 Å². The lowest BCUT2D eigenvalue weighted by molar-refractivity contribution is 0.00528. The van der Waals surface area contributed by atoms with Crippen LogP contribution < -0.4 is 0 Å². The first-order chi connectivity index (χ1) is 15.6. The van der Waals surface area contributed by atoms with Crippen molar-refractivity contribution in [1.29, 1.82) is 0 Å². The summed E-state index contributed by atoms with van der Waals surface area (Å²) < 4.78 is 20.2. The number of furan rings is 1. The van der Waals surface area contributed by atoms with Gasteiger partial charge in [0.05, 0.1) is 12.8 Å². The zero-order valence-corrected chi connectivity index (χ0v) is 17.8. The van der Waals surface area contributed by atoms with E-state index in [1.807, 2.05) is 36.1 Å². The Morgan fingerprint density at radius 3 is 2.69 bits per heavy atom. The van der Waals surface area contributed by atoms with Crippen LogP contribution in [0.1, 0.15) is 34.2 Å². The van der Waals surface area contributed by atoms with Gasteiger partial charge in [-0.25, -0.2) is 4.39 Å². The van der Waals surface area contributed by atoms with Gasteiger partial charge in [-0.1, -0.05) is 47.1 Å². The molecule has 4 aromatic rings. The highest BCUT2D eigenvalue weighted by Crippen LogP contribution is 2.36. The van der Waals surface area contributed by atoms with Gasteiger partial charge in [-0.3, -0.25) is 4.98 Å². The Balaban J connectivity index is 1.58. The average Bonchev–Trinajstić information content (AvgIpc) is 3.46. The van der Waals surface area contributed by atoms with Gasteiger partial charge in [-0.05, 0) is 54.8 Å². The normalized spacial score (nSPS) is 15.5. The summed E-state index contributed by atoms with van der Waals surface area (Å²) in [7, 11) is 0. The zero-order chi connectivity index (χ0) is 22.1. The van der Waals surface area contributed by atoms with E-state index in [0.29, 0.717) is 23.7 Å². The zero-order valence-electron chi connectivity index (χ0n) is 17.8. The van der Waals surface area contributed by atoms with Crippen molar-refractivity contribution in [2.75, 3.05) is 0 Å². The molecule has 0 fully saturated rings. The number of aryl methyl sites for hydroxylation is 2. The van der Waals surface area contributed by atoms with Gasteiger partial charge < -0.3 is 14.2 Å². The third-order valence-corrected chi connectivity index (χ3v) is 5.64. The number of oxime groups is 1. The fourth-order valence-electron chi connectivity index (χ4n) is 4.00. The van der Waals surface area contributed by atoms with Crippen molar-refractivity contribution in [1.82, 2.24) is 9.88 Å². The number of hydrogen-bond acceptors (Lipinski definition) is 5. The quantitative estimate of drug-likeness (QED) is 0.393. The fraction of sp³-hybridized carbons (Fsp3) is 0.154. The minimum absolute atomic E-state index is 0.274. The number of hydrogen-bond donors (Lipinski definition) is 0. The van der Waals surface area contributed by atoms with Crippen molar-refractivity contribution in [3.05, 3.63) is 113 Å². The Morgan fingerprint density at radius 1 is 1.00 bits per heavy atom. The van der Waals surface area contributed by atoms with Gasteiger partial charge in [0.15, 0.2) is 5.76 Å². The van der Waals surface area contributed by atoms with Crippen molar-refractivity contribution in [3.8, 4) is 11.1 Å². The highest BCUT2D eigenvalue weighted by molar-refractivity contribution is 5.97. The largest absolute Gasteiger partial charge is 0.461 e. The molecule has 5 rings (SSSR count). The van der Waals surface area contributed by atoms with E-state index in [-0.39, 0.29) is 5.82 Å². The topological polar surface area (TPSA) is 50.9 Å². The molecule has 1 unspecified atom stereocenters. The second kappa shape index (κ2) is 8.30. The Labute approximate surface area is 185 Å². The lowest BCUT2D eigenvalue weighted by atomic mass is 9.99. The highest BCUT2D eigenvalue weighted by atomic mass is 19.1. The molecule has 1 aliphatic rings. The summed E-state index contributed by atoms with van der Waals surface area (Å²) in [6.07, 6.45) is 4.61. The number of pyridine rings is 1. The van der Waals surface area contributed by atoms with Gasteiger partial charge in [-0.15, -0.1) is 0 Å². The Hall–Kier alpha value is -3.93. The van der Waals surface area contributed by atoms with Crippen LogP contribution in [-0.2, 0) is 11.4 Å². The van der Waals surface area contributed by atoms with E-state index < -0.39 is 6.23 Å². The van der Waals surface area contributed by atoms with Gasteiger partial charge in [0.2, 0.25) is 12.1 Å². The number of amidine groups is 1. The molecule has 0 amide bonds. The molecule has 0 spiro atoms. The summed E-state index contributed by atoms with van der Waals surface area (Å²) in [5, 5.41) is 4.36. The molecule has 0 saturated heterocycles. The summed E-state index contributed by atoms with van der Waals surface area (Å²) >= 11 is 0. The van der Waals surface area contributed by atoms with Crippen LogP contribution in [0.15, 0.2) is 88.9 Å². The summed E-state index contributed by atoms with van der Waals surface area (Å²) in [5.74, 6) is 0.919. The Kier molecular flexibility index (Phi) is 5.19. The number of aromatic nitrogens is 1. The van der Waals surface area contributed by atoms with Crippen molar-refractivity contribution < 1.29 is 13.6 Å². The maximum Gasteiger partial charge on any atom is 0.227 e. The fourth-order valence-corrected chi connectivity index (χ4v) is 4.00. The number of rotatable bonds is 5. The molecule has 2 aromatic heterocycles. The van der Waals surface area contributed by atoms with E-state index in [1.54, 1.807) is 30.8 Å². The first kappa shape index (κ1) is 20.0. The summed E-state index contributed by atoms with van der Waals surface area (Å²) in [6, 6.07) is 18.5. The second-order valence-corrected chi connectivity index (χ2v) is 7.85. The highest BCUT2D eigenvalue weighted by Gasteiger charge is 2.35. The standard InChI is InChI=1S/C26H22FN3O2/c1-17-9-10-18(2)22(14-17)26-30(25(29-32-26)24-8-5-13-31-24)16-19-15-28-12-11-20(19)21-6-3-4-7-23(21)27/h3-15,26H,16H2,1-2H3. The van der Waals surface area contributed by atoms with E-state index in [4.69, 9.17) is 9.25 Å². The monoisotopic (exact) mass is 427 g/mol. The van der Waals surface area contributed by atoms with Crippen LogP contribution >= 0.6 is 0 Å². The van der Waals surface area contributed by atoms with Gasteiger partial charge in [-0.2, -0.15) is 0 Å². The molecule has 0 bridgehead atoms. The van der Waals surface area contributed by atoms with Crippen molar-refractivity contribution in [3.63, 3.8) is 0 Å². The predicted molar refractivity (Wildman–Crippen MR) is 120 cm³/mol. The van der Waals surface area contributed by atoms with Gasteiger partial charge in [0, 0.05) is 23.5 Å². The molecule has 0 N–H and O–H groups in total. The summed E-state index contributed by atoms with van der Waals surface area (Å²) in [5.41, 5.74) is 5.42. The summed E-state index contributed by atoms with van der Waals surface area (Å²) in [6.45, 7) is 4.51. The SMILES string of the molecule is Cc1ccc(C)c(C2ON=C(c3ccco3)N2Cc2cnccc2-c2ccccc2F)c1. The van der Waals surface area contributed by atoms with Crippen LogP contribution in [0, 0.1) is 19.7 Å². The molecule has 160 valence electrons. The van der Waals surface area contributed by atoms with Crippen molar-refractivity contribution in [2.45, 2.75) is 26.6 Å². The molecular weight excluding hydrogens is 405 g/mol. The second-order valence-electron chi connectivity index (χ2n) is 7.85. The van der Waals surface area contributed by atoms with Crippen LogP contribution in [0.5, 0.6) is 0 Å². The third-order valence-electron chi connectivity index (χ3n) is 5.64. The lowest BCUT2D eigenvalue weighted by Crippen LogP contribution is -2.31. The van der Waals surface area contributed by atoms with E-state index in [2.05, 4.69) is 35.3 Å². The smallest absolute Gasteiger partial charge is 0.227 e. The van der Waals surface area contributed by atoms with Crippen LogP contribution in [-0.4, -0.2) is 15.7 Å². The maximum atomic E-state index is 14.6. The molecule has 0 saturated carbocycles. The Morgan fingerprint density at radius 2 is 1.88 bits per heavy atom. The molecule has 2 aromatic carbocycles. The van der Waals surface area contributed by atoms with Gasteiger partial charge >= 0.3 is 0 Å². The molecule has 0 aliphatic carbocycles. The molecule has 3 heterocycles. The van der Waals surface area contributed by atoms with Gasteiger partial charge in [0.25, 0.3) is 0 Å².